The second-order valence-corrected chi connectivity index (χ2v) is 6.71. The highest BCUT2D eigenvalue weighted by Crippen LogP contribution is 2.26. The van der Waals surface area contributed by atoms with Crippen LogP contribution in [0.1, 0.15) is 35.0 Å². The smallest absolute Gasteiger partial charge is 0.264 e. The van der Waals surface area contributed by atoms with Crippen molar-refractivity contribution in [1.29, 1.82) is 0 Å². The van der Waals surface area contributed by atoms with E-state index in [2.05, 4.69) is 12.2 Å². The van der Waals surface area contributed by atoms with Gasteiger partial charge in [-0.1, -0.05) is 0 Å². The lowest BCUT2D eigenvalue weighted by molar-refractivity contribution is -0.126. The highest BCUT2D eigenvalue weighted by molar-refractivity contribution is 7.12. The van der Waals surface area contributed by atoms with Crippen LogP contribution in [-0.4, -0.2) is 49.6 Å². The molecule has 0 spiro atoms. The molecule has 0 bridgehead atoms. The van der Waals surface area contributed by atoms with Gasteiger partial charge in [0, 0.05) is 26.2 Å². The number of nitrogens with zero attached hydrogens (tertiary/aromatic N) is 1. The van der Waals surface area contributed by atoms with Gasteiger partial charge in [-0.15, -0.1) is 11.3 Å². The Morgan fingerprint density at radius 1 is 1.45 bits per heavy atom. The maximum atomic E-state index is 12.7. The Bertz CT molecular complexity index is 529. The molecule has 2 amide bonds. The predicted octanol–water partition coefficient (Wildman–Crippen LogP) is 2.06. The molecular weight excluding hydrogens is 300 g/mol. The molecule has 2 atom stereocenters. The molecule has 1 saturated heterocycles. The number of amides is 2. The Morgan fingerprint density at radius 3 is 2.86 bits per heavy atom. The number of piperidine rings is 1. The van der Waals surface area contributed by atoms with Crippen molar-refractivity contribution in [3.8, 4) is 0 Å². The normalized spacial score (nSPS) is 21.7. The molecule has 5 nitrogen and oxygen atoms in total. The quantitative estimate of drug-likeness (QED) is 0.844. The number of ether oxygens (including phenoxy) is 1. The zero-order valence-electron chi connectivity index (χ0n) is 13.4. The molecule has 1 aliphatic heterocycles. The van der Waals surface area contributed by atoms with Gasteiger partial charge < -0.3 is 15.0 Å². The third-order valence-electron chi connectivity index (χ3n) is 4.18. The van der Waals surface area contributed by atoms with Gasteiger partial charge in [-0.2, -0.15) is 0 Å². The summed E-state index contributed by atoms with van der Waals surface area (Å²) in [5, 5.41) is 4.81. The maximum absolute atomic E-state index is 12.7. The average Bonchev–Trinajstić information content (AvgIpc) is 2.93. The van der Waals surface area contributed by atoms with E-state index in [9.17, 15) is 9.59 Å². The van der Waals surface area contributed by atoms with E-state index in [0.29, 0.717) is 19.7 Å². The fraction of sp³-hybridized carbons (Fsp3) is 0.625. The molecule has 22 heavy (non-hydrogen) atoms. The molecule has 1 fully saturated rings. The van der Waals surface area contributed by atoms with Crippen LogP contribution in [0.15, 0.2) is 11.4 Å². The van der Waals surface area contributed by atoms with Gasteiger partial charge in [0.05, 0.1) is 17.4 Å². The van der Waals surface area contributed by atoms with Crippen molar-refractivity contribution in [3.05, 3.63) is 21.9 Å². The number of methoxy groups -OCH3 is 1. The molecule has 1 aromatic rings. The summed E-state index contributed by atoms with van der Waals surface area (Å²) in [4.78, 5) is 27.5. The summed E-state index contributed by atoms with van der Waals surface area (Å²) in [6.07, 6.45) is 1.69. The summed E-state index contributed by atoms with van der Waals surface area (Å²) < 4.78 is 4.94. The van der Waals surface area contributed by atoms with E-state index < -0.39 is 0 Å². The van der Waals surface area contributed by atoms with E-state index in [1.807, 2.05) is 23.3 Å². The van der Waals surface area contributed by atoms with Gasteiger partial charge in [-0.25, -0.2) is 0 Å². The Balaban J connectivity index is 2.00. The zero-order chi connectivity index (χ0) is 16.1. The van der Waals surface area contributed by atoms with E-state index in [1.54, 1.807) is 7.11 Å². The van der Waals surface area contributed by atoms with E-state index in [0.717, 1.165) is 23.3 Å². The molecule has 2 heterocycles. The zero-order valence-corrected chi connectivity index (χ0v) is 14.2. The highest BCUT2D eigenvalue weighted by Gasteiger charge is 2.33. The topological polar surface area (TPSA) is 58.6 Å². The summed E-state index contributed by atoms with van der Waals surface area (Å²) in [6, 6.07) is 2.14. The average molecular weight is 324 g/mol. The van der Waals surface area contributed by atoms with E-state index in [4.69, 9.17) is 4.74 Å². The second-order valence-electron chi connectivity index (χ2n) is 5.80. The minimum Gasteiger partial charge on any atom is -0.383 e. The Labute approximate surface area is 135 Å². The molecule has 1 N–H and O–H groups in total. The van der Waals surface area contributed by atoms with Crippen LogP contribution in [0.25, 0.3) is 0 Å². The molecule has 0 saturated carbocycles. The lowest BCUT2D eigenvalue weighted by Crippen LogP contribution is -2.49. The summed E-state index contributed by atoms with van der Waals surface area (Å²) in [5.41, 5.74) is 1.01. The monoisotopic (exact) mass is 324 g/mol. The first-order chi connectivity index (χ1) is 10.5. The predicted molar refractivity (Wildman–Crippen MR) is 87.2 cm³/mol. The fourth-order valence-corrected chi connectivity index (χ4v) is 3.63. The van der Waals surface area contributed by atoms with Crippen LogP contribution in [-0.2, 0) is 9.53 Å². The summed E-state index contributed by atoms with van der Waals surface area (Å²) in [6.45, 7) is 5.52. The molecule has 122 valence electrons. The number of carbonyl (C=O) groups excluding carboxylic acids is 2. The molecule has 0 unspecified atom stereocenters. The number of nitrogens with one attached hydrogen (secondary N) is 1. The van der Waals surface area contributed by atoms with Gasteiger partial charge in [0.15, 0.2) is 0 Å². The molecule has 0 aromatic carbocycles. The van der Waals surface area contributed by atoms with Crippen LogP contribution in [0, 0.1) is 12.8 Å². The molecule has 2 rings (SSSR count). The summed E-state index contributed by atoms with van der Waals surface area (Å²) >= 11 is 1.47. The number of carbonyl (C=O) groups is 2. The molecule has 6 heteroatoms. The van der Waals surface area contributed by atoms with Gasteiger partial charge in [0.25, 0.3) is 5.91 Å². The lowest BCUT2D eigenvalue weighted by Gasteiger charge is -2.37. The molecule has 1 aromatic heterocycles. The summed E-state index contributed by atoms with van der Waals surface area (Å²) in [5.74, 6) is -0.0590. The number of aryl methyl sites for hydroxylation is 1. The van der Waals surface area contributed by atoms with Crippen molar-refractivity contribution in [2.75, 3.05) is 26.8 Å². The minimum atomic E-state index is -0.128. The van der Waals surface area contributed by atoms with Crippen LogP contribution >= 0.6 is 11.3 Å². The van der Waals surface area contributed by atoms with E-state index in [1.165, 1.54) is 11.3 Å². The summed E-state index contributed by atoms with van der Waals surface area (Å²) in [7, 11) is 1.61. The maximum Gasteiger partial charge on any atom is 0.264 e. The van der Waals surface area contributed by atoms with E-state index >= 15 is 0 Å². The third-order valence-corrected chi connectivity index (χ3v) is 5.18. The Hall–Kier alpha value is -1.40. The van der Waals surface area contributed by atoms with Crippen LogP contribution in [0.4, 0.5) is 0 Å². The van der Waals surface area contributed by atoms with Gasteiger partial charge >= 0.3 is 0 Å². The Kier molecular flexibility index (Phi) is 5.97. The molecule has 1 aliphatic rings. The van der Waals surface area contributed by atoms with Gasteiger partial charge in [-0.05, 0) is 43.7 Å². The van der Waals surface area contributed by atoms with Crippen LogP contribution in [0.2, 0.25) is 0 Å². The number of likely N-dealkylation sites (tertiary alicyclic amines) is 1. The van der Waals surface area contributed by atoms with Crippen LogP contribution in [0.5, 0.6) is 0 Å². The van der Waals surface area contributed by atoms with Gasteiger partial charge in [-0.3, -0.25) is 9.59 Å². The number of hydrogen-bond acceptors (Lipinski definition) is 4. The first-order valence-corrected chi connectivity index (χ1v) is 8.54. The van der Waals surface area contributed by atoms with Crippen molar-refractivity contribution in [3.63, 3.8) is 0 Å². The first kappa shape index (κ1) is 17.0. The van der Waals surface area contributed by atoms with Gasteiger partial charge in [0.2, 0.25) is 5.91 Å². The molecular formula is C16H24N2O3S. The first-order valence-electron chi connectivity index (χ1n) is 7.66. The van der Waals surface area contributed by atoms with Crippen LogP contribution in [0.3, 0.4) is 0 Å². The van der Waals surface area contributed by atoms with Crippen LogP contribution < -0.4 is 5.32 Å². The largest absolute Gasteiger partial charge is 0.383 e. The molecule has 0 aliphatic carbocycles. The standard InChI is InChI=1S/C16H24N2O3S/c1-11-6-9-22-14(11)16(20)18-10-13(5-4-12(18)2)15(19)17-7-8-21-3/h6,9,12-13H,4-5,7-8,10H2,1-3H3,(H,17,19)/t12-,13-/m0/s1. The molecule has 0 radical (unpaired) electrons. The number of thiophene rings is 1. The van der Waals surface area contributed by atoms with Crippen molar-refractivity contribution < 1.29 is 14.3 Å². The minimum absolute atomic E-state index is 0.0182. The van der Waals surface area contributed by atoms with Gasteiger partial charge in [0.1, 0.15) is 0 Å². The van der Waals surface area contributed by atoms with E-state index in [-0.39, 0.29) is 23.8 Å². The van der Waals surface area contributed by atoms with Crippen molar-refractivity contribution >= 4 is 23.2 Å². The third kappa shape index (κ3) is 3.87. The highest BCUT2D eigenvalue weighted by atomic mass is 32.1. The van der Waals surface area contributed by atoms with Crippen molar-refractivity contribution in [2.45, 2.75) is 32.7 Å². The Morgan fingerprint density at radius 2 is 2.23 bits per heavy atom. The SMILES string of the molecule is COCCNC(=O)[C@H]1CC[C@H](C)N(C(=O)c2sccc2C)C1. The fourth-order valence-electron chi connectivity index (χ4n) is 2.75. The second kappa shape index (κ2) is 7.74. The van der Waals surface area contributed by atoms with Crippen molar-refractivity contribution in [1.82, 2.24) is 10.2 Å². The number of hydrogen-bond donors (Lipinski definition) is 1. The lowest BCUT2D eigenvalue weighted by atomic mass is 9.92. The van der Waals surface area contributed by atoms with Crippen molar-refractivity contribution in [2.24, 2.45) is 5.92 Å². The number of rotatable bonds is 5.